The summed E-state index contributed by atoms with van der Waals surface area (Å²) in [6.07, 6.45) is 3.45. The molecule has 2 atom stereocenters. The average molecular weight is 370 g/mol. The summed E-state index contributed by atoms with van der Waals surface area (Å²) in [7, 11) is 0. The minimum absolute atomic E-state index is 0.366. The highest BCUT2D eigenvalue weighted by molar-refractivity contribution is 9.10. The first-order valence-electron chi connectivity index (χ1n) is 8.14. The molecule has 2 nitrogen and oxygen atoms in total. The number of hydrogen-bond acceptors (Lipinski definition) is 2. The molecule has 0 radical (unpaired) electrons. The van der Waals surface area contributed by atoms with Gasteiger partial charge in [-0.05, 0) is 29.2 Å². The van der Waals surface area contributed by atoms with E-state index < -0.39 is 0 Å². The summed E-state index contributed by atoms with van der Waals surface area (Å²) in [4.78, 5) is 2.60. The third-order valence-electron chi connectivity index (χ3n) is 4.77. The average Bonchev–Trinajstić information content (AvgIpc) is 2.56. The van der Waals surface area contributed by atoms with Gasteiger partial charge in [-0.1, -0.05) is 70.5 Å². The zero-order chi connectivity index (χ0) is 15.6. The van der Waals surface area contributed by atoms with Crippen LogP contribution in [-0.4, -0.2) is 30.2 Å². The maximum Gasteiger partial charge on any atom is 0.0658 e. The van der Waals surface area contributed by atoms with Crippen LogP contribution in [0.3, 0.4) is 0 Å². The van der Waals surface area contributed by atoms with Gasteiger partial charge in [0.25, 0.3) is 0 Å². The fourth-order valence-corrected chi connectivity index (χ4v) is 4.16. The highest BCUT2D eigenvalue weighted by Gasteiger charge is 2.35. The lowest BCUT2D eigenvalue weighted by molar-refractivity contribution is -0.0402. The van der Waals surface area contributed by atoms with E-state index in [1.165, 1.54) is 21.2 Å². The monoisotopic (exact) mass is 369 g/mol. The van der Waals surface area contributed by atoms with Crippen LogP contribution in [0.5, 0.6) is 0 Å². The van der Waals surface area contributed by atoms with E-state index in [0.717, 1.165) is 26.2 Å². The molecule has 0 spiro atoms. The van der Waals surface area contributed by atoms with Gasteiger partial charge in [0.1, 0.15) is 0 Å². The van der Waals surface area contributed by atoms with Gasteiger partial charge < -0.3 is 4.74 Å². The van der Waals surface area contributed by atoms with Crippen molar-refractivity contribution in [3.8, 4) is 0 Å². The van der Waals surface area contributed by atoms with E-state index in [1.807, 2.05) is 0 Å². The third-order valence-corrected chi connectivity index (χ3v) is 5.46. The number of fused-ring (bicyclic) bond motifs is 2. The van der Waals surface area contributed by atoms with Crippen LogP contribution in [0.2, 0.25) is 0 Å². The van der Waals surface area contributed by atoms with Crippen LogP contribution in [0, 0.1) is 0 Å². The van der Waals surface area contributed by atoms with Crippen LogP contribution < -0.4 is 0 Å². The number of benzene rings is 2. The minimum Gasteiger partial charge on any atom is -0.378 e. The fraction of sp³-hybridized carbons (Fsp3) is 0.300. The van der Waals surface area contributed by atoms with E-state index in [0.29, 0.717) is 12.1 Å². The summed E-state index contributed by atoms with van der Waals surface area (Å²) < 4.78 is 7.00. The van der Waals surface area contributed by atoms with Crippen molar-refractivity contribution in [2.75, 3.05) is 13.2 Å². The van der Waals surface area contributed by atoms with Crippen LogP contribution in [-0.2, 0) is 11.3 Å². The van der Waals surface area contributed by atoms with Crippen molar-refractivity contribution in [1.29, 1.82) is 0 Å². The van der Waals surface area contributed by atoms with Crippen molar-refractivity contribution in [2.24, 2.45) is 0 Å². The topological polar surface area (TPSA) is 12.5 Å². The summed E-state index contributed by atoms with van der Waals surface area (Å²) in [6.45, 7) is 2.61. The molecule has 2 aromatic carbocycles. The largest absolute Gasteiger partial charge is 0.378 e. The molecule has 0 amide bonds. The molecule has 23 heavy (non-hydrogen) atoms. The second-order valence-electron chi connectivity index (χ2n) is 6.29. The summed E-state index contributed by atoms with van der Waals surface area (Å²) in [5.74, 6) is 0. The van der Waals surface area contributed by atoms with E-state index >= 15 is 0 Å². The molecule has 2 aromatic rings. The molecule has 0 aliphatic carbocycles. The summed E-state index contributed by atoms with van der Waals surface area (Å²) in [5, 5.41) is 0. The van der Waals surface area contributed by atoms with Crippen LogP contribution in [0.25, 0.3) is 5.57 Å². The number of halogens is 1. The molecule has 2 aliphatic rings. The molecule has 2 heterocycles. The highest BCUT2D eigenvalue weighted by Crippen LogP contribution is 2.36. The van der Waals surface area contributed by atoms with Gasteiger partial charge in [0.15, 0.2) is 0 Å². The van der Waals surface area contributed by atoms with Crippen molar-refractivity contribution in [1.82, 2.24) is 4.90 Å². The molecule has 0 aromatic heterocycles. The summed E-state index contributed by atoms with van der Waals surface area (Å²) >= 11 is 3.69. The molecule has 1 saturated heterocycles. The van der Waals surface area contributed by atoms with Crippen LogP contribution in [0.4, 0.5) is 0 Å². The molecule has 2 bridgehead atoms. The van der Waals surface area contributed by atoms with Gasteiger partial charge in [0.05, 0.1) is 19.3 Å². The molecular weight excluding hydrogens is 350 g/mol. The van der Waals surface area contributed by atoms with Gasteiger partial charge >= 0.3 is 0 Å². The molecule has 0 saturated carbocycles. The molecule has 2 unspecified atom stereocenters. The third kappa shape index (κ3) is 3.14. The van der Waals surface area contributed by atoms with Gasteiger partial charge in [0.2, 0.25) is 0 Å². The van der Waals surface area contributed by atoms with E-state index in [9.17, 15) is 0 Å². The molecule has 4 rings (SSSR count). The Morgan fingerprint density at radius 1 is 1.00 bits per heavy atom. The quantitative estimate of drug-likeness (QED) is 0.789. The van der Waals surface area contributed by atoms with Gasteiger partial charge in [-0.25, -0.2) is 0 Å². The Bertz CT molecular complexity index is 713. The lowest BCUT2D eigenvalue weighted by Gasteiger charge is -2.45. The van der Waals surface area contributed by atoms with E-state index in [4.69, 9.17) is 4.74 Å². The highest BCUT2D eigenvalue weighted by atomic mass is 79.9. The van der Waals surface area contributed by atoms with Crippen LogP contribution in [0.15, 0.2) is 65.1 Å². The second-order valence-corrected chi connectivity index (χ2v) is 7.15. The Balaban J connectivity index is 1.62. The van der Waals surface area contributed by atoms with Gasteiger partial charge in [-0.3, -0.25) is 4.90 Å². The molecule has 3 heteroatoms. The normalized spacial score (nSPS) is 24.3. The Morgan fingerprint density at radius 3 is 2.57 bits per heavy atom. The van der Waals surface area contributed by atoms with Gasteiger partial charge in [-0.2, -0.15) is 0 Å². The van der Waals surface area contributed by atoms with Crippen molar-refractivity contribution in [2.45, 2.75) is 25.0 Å². The number of hydrogen-bond donors (Lipinski definition) is 0. The zero-order valence-corrected chi connectivity index (χ0v) is 14.6. The summed E-state index contributed by atoms with van der Waals surface area (Å²) in [5.41, 5.74) is 4.14. The van der Waals surface area contributed by atoms with E-state index in [2.05, 4.69) is 81.5 Å². The molecule has 0 N–H and O–H groups in total. The maximum absolute atomic E-state index is 5.82. The molecule has 1 fully saturated rings. The fourth-order valence-electron chi connectivity index (χ4n) is 3.62. The van der Waals surface area contributed by atoms with Crippen molar-refractivity contribution in [3.63, 3.8) is 0 Å². The standard InChI is InChI=1S/C20H20BrNO/c21-20-9-5-4-8-19(20)16-10-17-13-23-14-18(11-16)22(17)12-15-6-2-1-3-7-15/h1-10,17-18H,11-14H2. The number of nitrogens with zero attached hydrogens (tertiary/aromatic N) is 1. The van der Waals surface area contributed by atoms with E-state index in [-0.39, 0.29) is 0 Å². The van der Waals surface area contributed by atoms with Crippen LogP contribution in [0.1, 0.15) is 17.5 Å². The smallest absolute Gasteiger partial charge is 0.0658 e. The Kier molecular flexibility index (Phi) is 4.34. The Morgan fingerprint density at radius 2 is 1.78 bits per heavy atom. The van der Waals surface area contributed by atoms with Crippen molar-refractivity contribution in [3.05, 3.63) is 76.3 Å². The first-order chi connectivity index (χ1) is 11.3. The predicted octanol–water partition coefficient (Wildman–Crippen LogP) is 4.51. The first-order valence-corrected chi connectivity index (χ1v) is 8.93. The lowest BCUT2D eigenvalue weighted by atomic mass is 9.89. The number of rotatable bonds is 3. The number of ether oxygens (including phenoxy) is 1. The van der Waals surface area contributed by atoms with Crippen molar-refractivity contribution < 1.29 is 4.74 Å². The SMILES string of the molecule is Brc1ccccc1C1=CC2COCC(C1)N2Cc1ccccc1. The van der Waals surface area contributed by atoms with E-state index in [1.54, 1.807) is 0 Å². The number of morpholine rings is 1. The first kappa shape index (κ1) is 15.1. The lowest BCUT2D eigenvalue weighted by Crippen LogP contribution is -2.53. The molecule has 118 valence electrons. The Labute approximate surface area is 145 Å². The molecular formula is C20H20BrNO. The molecule has 2 aliphatic heterocycles. The Hall–Kier alpha value is -1.42. The predicted molar refractivity (Wildman–Crippen MR) is 97.1 cm³/mol. The van der Waals surface area contributed by atoms with Gasteiger partial charge in [-0.15, -0.1) is 0 Å². The van der Waals surface area contributed by atoms with Crippen LogP contribution >= 0.6 is 15.9 Å². The second kappa shape index (κ2) is 6.60. The summed E-state index contributed by atoms with van der Waals surface area (Å²) in [6, 6.07) is 20.1. The minimum atomic E-state index is 0.366. The maximum atomic E-state index is 5.82. The van der Waals surface area contributed by atoms with Crippen molar-refractivity contribution >= 4 is 21.5 Å². The van der Waals surface area contributed by atoms with Gasteiger partial charge in [0, 0.05) is 17.1 Å². The zero-order valence-electron chi connectivity index (χ0n) is 13.0.